The highest BCUT2D eigenvalue weighted by Crippen LogP contribution is 2.28. The van der Waals surface area contributed by atoms with Crippen LogP contribution in [-0.2, 0) is 22.4 Å². The number of fused-ring (bicyclic) bond motifs is 1. The quantitative estimate of drug-likeness (QED) is 0.681. The van der Waals surface area contributed by atoms with E-state index >= 15 is 0 Å². The van der Waals surface area contributed by atoms with Gasteiger partial charge in [-0.05, 0) is 30.9 Å². The molecule has 2 amide bonds. The minimum absolute atomic E-state index is 0.00102. The first kappa shape index (κ1) is 10.3. The van der Waals surface area contributed by atoms with Gasteiger partial charge < -0.3 is 0 Å². The minimum atomic E-state index is -0.162. The fourth-order valence-corrected chi connectivity index (χ4v) is 2.67. The maximum atomic E-state index is 11.9. The summed E-state index contributed by atoms with van der Waals surface area (Å²) in [6.45, 7) is 1.70. The summed E-state index contributed by atoms with van der Waals surface area (Å²) < 4.78 is 0. The van der Waals surface area contributed by atoms with Crippen LogP contribution in [-0.4, -0.2) is 22.8 Å². The highest BCUT2D eigenvalue weighted by atomic mass is 16.2. The smallest absolute Gasteiger partial charge is 0.256 e. The summed E-state index contributed by atoms with van der Waals surface area (Å²) in [6, 6.07) is 8.14. The highest BCUT2D eigenvalue weighted by molar-refractivity contribution is 6.16. The van der Waals surface area contributed by atoms with Gasteiger partial charge in [0.25, 0.3) is 11.8 Å². The van der Waals surface area contributed by atoms with Crippen molar-refractivity contribution in [3.63, 3.8) is 0 Å². The number of nitrogens with zero attached hydrogens (tertiary/aromatic N) is 1. The molecule has 2 aliphatic rings. The van der Waals surface area contributed by atoms with Crippen LogP contribution in [0.5, 0.6) is 0 Å². The van der Waals surface area contributed by atoms with E-state index in [0.717, 1.165) is 12.8 Å². The lowest BCUT2D eigenvalue weighted by molar-refractivity contribution is -0.139. The fraction of sp³-hybridized carbons (Fsp3) is 0.286. The number of hydrogen-bond donors (Lipinski definition) is 0. The first-order valence-corrected chi connectivity index (χ1v) is 5.79. The molecule has 1 heterocycles. The molecule has 1 aromatic rings. The Hall–Kier alpha value is -1.90. The molecule has 0 N–H and O–H groups in total. The summed E-state index contributed by atoms with van der Waals surface area (Å²) in [5, 5.41) is 0. The van der Waals surface area contributed by atoms with Crippen LogP contribution in [0.4, 0.5) is 0 Å². The van der Waals surface area contributed by atoms with Crippen molar-refractivity contribution in [1.29, 1.82) is 0 Å². The molecule has 0 radical (unpaired) electrons. The fourth-order valence-electron chi connectivity index (χ4n) is 2.67. The van der Waals surface area contributed by atoms with Crippen molar-refractivity contribution < 1.29 is 9.59 Å². The van der Waals surface area contributed by atoms with Gasteiger partial charge in [-0.1, -0.05) is 24.3 Å². The van der Waals surface area contributed by atoms with E-state index in [1.165, 1.54) is 22.1 Å². The maximum absolute atomic E-state index is 11.9. The molecule has 17 heavy (non-hydrogen) atoms. The molecule has 0 spiro atoms. The second kappa shape index (κ2) is 3.55. The van der Waals surface area contributed by atoms with Crippen molar-refractivity contribution in [2.24, 2.45) is 0 Å². The molecule has 1 aliphatic carbocycles. The number of hydrogen-bond acceptors (Lipinski definition) is 2. The molecule has 3 nitrogen and oxygen atoms in total. The van der Waals surface area contributed by atoms with Crippen molar-refractivity contribution in [1.82, 2.24) is 4.90 Å². The van der Waals surface area contributed by atoms with E-state index in [4.69, 9.17) is 0 Å². The van der Waals surface area contributed by atoms with Crippen molar-refractivity contribution in [3.05, 3.63) is 47.0 Å². The van der Waals surface area contributed by atoms with Crippen LogP contribution < -0.4 is 0 Å². The largest absolute Gasteiger partial charge is 0.271 e. The Kier molecular flexibility index (Phi) is 2.15. The zero-order chi connectivity index (χ0) is 12.0. The van der Waals surface area contributed by atoms with Crippen molar-refractivity contribution in [2.45, 2.75) is 25.8 Å². The van der Waals surface area contributed by atoms with Crippen LogP contribution in [0, 0.1) is 0 Å². The van der Waals surface area contributed by atoms with E-state index in [2.05, 4.69) is 12.1 Å². The van der Waals surface area contributed by atoms with Gasteiger partial charge in [0, 0.05) is 17.7 Å². The molecular weight excluding hydrogens is 214 g/mol. The lowest BCUT2D eigenvalue weighted by atomic mass is 10.1. The monoisotopic (exact) mass is 227 g/mol. The van der Waals surface area contributed by atoms with E-state index in [-0.39, 0.29) is 17.9 Å². The summed E-state index contributed by atoms with van der Waals surface area (Å²) in [7, 11) is 0. The van der Waals surface area contributed by atoms with Crippen molar-refractivity contribution in [2.75, 3.05) is 0 Å². The highest BCUT2D eigenvalue weighted by Gasteiger charge is 2.37. The van der Waals surface area contributed by atoms with Gasteiger partial charge >= 0.3 is 0 Å². The van der Waals surface area contributed by atoms with E-state index < -0.39 is 0 Å². The molecule has 86 valence electrons. The Bertz CT molecular complexity index is 520. The summed E-state index contributed by atoms with van der Waals surface area (Å²) in [4.78, 5) is 25.1. The summed E-state index contributed by atoms with van der Waals surface area (Å²) >= 11 is 0. The van der Waals surface area contributed by atoms with Gasteiger partial charge in [0.1, 0.15) is 0 Å². The van der Waals surface area contributed by atoms with Crippen LogP contribution in [0.2, 0.25) is 0 Å². The zero-order valence-corrected chi connectivity index (χ0v) is 9.64. The third-order valence-corrected chi connectivity index (χ3v) is 3.53. The number of benzene rings is 1. The first-order valence-electron chi connectivity index (χ1n) is 5.79. The number of imide groups is 1. The summed E-state index contributed by atoms with van der Waals surface area (Å²) in [5.41, 5.74) is 3.05. The zero-order valence-electron chi connectivity index (χ0n) is 9.64. The number of carbonyl (C=O) groups excluding carboxylic acids is 2. The SMILES string of the molecule is CC1=CC(=O)N(C2Cc3ccccc3C2)C1=O. The molecule has 0 saturated carbocycles. The lowest BCUT2D eigenvalue weighted by Gasteiger charge is -2.21. The van der Waals surface area contributed by atoms with Gasteiger partial charge in [-0.15, -0.1) is 0 Å². The Labute approximate surface area is 99.7 Å². The second-order valence-electron chi connectivity index (χ2n) is 4.67. The van der Waals surface area contributed by atoms with Crippen molar-refractivity contribution in [3.8, 4) is 0 Å². The van der Waals surface area contributed by atoms with Crippen LogP contribution >= 0.6 is 0 Å². The third-order valence-electron chi connectivity index (χ3n) is 3.53. The Balaban J connectivity index is 1.87. The molecule has 1 aromatic carbocycles. The normalized spacial score (nSPS) is 19.8. The van der Waals surface area contributed by atoms with Gasteiger partial charge in [-0.3, -0.25) is 14.5 Å². The molecule has 1 aliphatic heterocycles. The van der Waals surface area contributed by atoms with E-state index in [0.29, 0.717) is 5.57 Å². The second-order valence-corrected chi connectivity index (χ2v) is 4.67. The van der Waals surface area contributed by atoms with Gasteiger partial charge in [0.2, 0.25) is 0 Å². The molecule has 0 atom stereocenters. The average molecular weight is 227 g/mol. The molecular formula is C14H13NO2. The number of amides is 2. The molecule has 0 fully saturated rings. The van der Waals surface area contributed by atoms with Gasteiger partial charge in [-0.2, -0.15) is 0 Å². The van der Waals surface area contributed by atoms with Crippen LogP contribution in [0.3, 0.4) is 0 Å². The van der Waals surface area contributed by atoms with Crippen LogP contribution in [0.25, 0.3) is 0 Å². The first-order chi connectivity index (χ1) is 8.16. The van der Waals surface area contributed by atoms with E-state index in [1.54, 1.807) is 6.92 Å². The molecule has 3 heteroatoms. The third kappa shape index (κ3) is 1.50. The predicted molar refractivity (Wildman–Crippen MR) is 63.2 cm³/mol. The van der Waals surface area contributed by atoms with E-state index in [1.807, 2.05) is 12.1 Å². The van der Waals surface area contributed by atoms with Gasteiger partial charge in [0.15, 0.2) is 0 Å². The molecule has 0 aromatic heterocycles. The Morgan fingerprint density at radius 2 is 1.71 bits per heavy atom. The van der Waals surface area contributed by atoms with E-state index in [9.17, 15) is 9.59 Å². The van der Waals surface area contributed by atoms with Crippen LogP contribution in [0.15, 0.2) is 35.9 Å². The summed E-state index contributed by atoms with van der Waals surface area (Å²) in [6.07, 6.45) is 3.01. The van der Waals surface area contributed by atoms with Gasteiger partial charge in [-0.25, -0.2) is 0 Å². The number of rotatable bonds is 1. The topological polar surface area (TPSA) is 37.4 Å². The molecule has 0 bridgehead atoms. The maximum Gasteiger partial charge on any atom is 0.256 e. The molecule has 3 rings (SSSR count). The van der Waals surface area contributed by atoms with Crippen molar-refractivity contribution >= 4 is 11.8 Å². The number of carbonyl (C=O) groups is 2. The average Bonchev–Trinajstić information content (AvgIpc) is 2.81. The molecule has 0 unspecified atom stereocenters. The van der Waals surface area contributed by atoms with Gasteiger partial charge in [0.05, 0.1) is 0 Å². The summed E-state index contributed by atoms with van der Waals surface area (Å²) in [5.74, 6) is -0.293. The Morgan fingerprint density at radius 1 is 1.12 bits per heavy atom. The lowest BCUT2D eigenvalue weighted by Crippen LogP contribution is -2.41. The Morgan fingerprint density at radius 3 is 2.18 bits per heavy atom. The minimum Gasteiger partial charge on any atom is -0.271 e. The standard InChI is InChI=1S/C14H13NO2/c1-9-6-13(16)15(14(9)17)12-7-10-4-2-3-5-11(10)8-12/h2-6,12H,7-8H2,1H3. The van der Waals surface area contributed by atoms with Crippen LogP contribution in [0.1, 0.15) is 18.1 Å². The molecule has 0 saturated heterocycles. The predicted octanol–water partition coefficient (Wildman–Crippen LogP) is 1.47.